The lowest BCUT2D eigenvalue weighted by atomic mass is 9.95. The van der Waals surface area contributed by atoms with Crippen LogP contribution >= 0.6 is 0 Å². The van der Waals surface area contributed by atoms with E-state index in [9.17, 15) is 17.6 Å². The first-order chi connectivity index (χ1) is 13.8. The molecule has 1 saturated carbocycles. The van der Waals surface area contributed by atoms with Gasteiger partial charge in [0.25, 0.3) is 15.9 Å². The van der Waals surface area contributed by atoms with Crippen molar-refractivity contribution in [2.45, 2.75) is 56.1 Å². The van der Waals surface area contributed by atoms with Gasteiger partial charge in [-0.05, 0) is 62.2 Å². The van der Waals surface area contributed by atoms with Gasteiger partial charge < -0.3 is 10.1 Å². The first kappa shape index (κ1) is 21.1. The average Bonchev–Trinajstić information content (AvgIpc) is 2.69. The van der Waals surface area contributed by atoms with Crippen LogP contribution in [0.2, 0.25) is 0 Å². The highest BCUT2D eigenvalue weighted by atomic mass is 32.2. The van der Waals surface area contributed by atoms with Crippen LogP contribution in [0.5, 0.6) is 5.75 Å². The lowest BCUT2D eigenvalue weighted by Gasteiger charge is -2.24. The van der Waals surface area contributed by atoms with E-state index in [1.807, 2.05) is 0 Å². The number of sulfonamides is 1. The summed E-state index contributed by atoms with van der Waals surface area (Å²) in [6.07, 6.45) is 4.75. The van der Waals surface area contributed by atoms with Crippen molar-refractivity contribution in [3.63, 3.8) is 0 Å². The van der Waals surface area contributed by atoms with Crippen molar-refractivity contribution in [3.05, 3.63) is 54.3 Å². The molecule has 0 aromatic heterocycles. The maximum atomic E-state index is 13.2. The maximum absolute atomic E-state index is 13.2. The number of rotatable bonds is 7. The summed E-state index contributed by atoms with van der Waals surface area (Å²) < 4.78 is 46.1. The molecule has 1 aliphatic rings. The fraction of sp³-hybridized carbons (Fsp3) is 0.381. The molecular weight excluding hydrogens is 395 g/mol. The van der Waals surface area contributed by atoms with Gasteiger partial charge in [-0.15, -0.1) is 0 Å². The van der Waals surface area contributed by atoms with E-state index in [2.05, 4.69) is 10.0 Å². The van der Waals surface area contributed by atoms with E-state index in [0.717, 1.165) is 31.7 Å². The van der Waals surface area contributed by atoms with Crippen LogP contribution in [-0.2, 0) is 14.8 Å². The van der Waals surface area contributed by atoms with Gasteiger partial charge in [-0.2, -0.15) is 0 Å². The molecule has 2 N–H and O–H groups in total. The topological polar surface area (TPSA) is 84.5 Å². The van der Waals surface area contributed by atoms with Crippen LogP contribution in [0.1, 0.15) is 39.0 Å². The van der Waals surface area contributed by atoms with Gasteiger partial charge in [0.2, 0.25) is 0 Å². The second-order valence-corrected chi connectivity index (χ2v) is 8.87. The second kappa shape index (κ2) is 9.26. The second-order valence-electron chi connectivity index (χ2n) is 7.19. The average molecular weight is 421 g/mol. The van der Waals surface area contributed by atoms with E-state index in [1.165, 1.54) is 48.9 Å². The maximum Gasteiger partial charge on any atom is 0.261 e. The summed E-state index contributed by atoms with van der Waals surface area (Å²) in [5.41, 5.74) is 0.137. The lowest BCUT2D eigenvalue weighted by Crippen LogP contribution is -2.43. The minimum absolute atomic E-state index is 0.00780. The number of hydrogen-bond donors (Lipinski definition) is 2. The molecule has 6 nitrogen and oxygen atoms in total. The zero-order valence-corrected chi connectivity index (χ0v) is 17.0. The SMILES string of the molecule is C[C@H](Oc1ccc(S(=O)(=O)Nc2cccc(F)c2)cc1)C(=O)NC1CCCCC1. The fourth-order valence-corrected chi connectivity index (χ4v) is 4.34. The number of benzene rings is 2. The number of nitrogens with one attached hydrogen (secondary N) is 2. The third-order valence-corrected chi connectivity index (χ3v) is 6.24. The Kier molecular flexibility index (Phi) is 6.74. The summed E-state index contributed by atoms with van der Waals surface area (Å²) in [4.78, 5) is 12.3. The molecule has 8 heteroatoms. The molecule has 1 atom stereocenters. The van der Waals surface area contributed by atoms with Crippen LogP contribution in [0.3, 0.4) is 0 Å². The third kappa shape index (κ3) is 5.93. The van der Waals surface area contributed by atoms with Gasteiger partial charge in [-0.25, -0.2) is 12.8 Å². The summed E-state index contributed by atoms with van der Waals surface area (Å²) in [7, 11) is -3.86. The Balaban J connectivity index is 1.59. The molecule has 29 heavy (non-hydrogen) atoms. The number of hydrogen-bond acceptors (Lipinski definition) is 4. The van der Waals surface area contributed by atoms with Gasteiger partial charge in [0, 0.05) is 6.04 Å². The van der Waals surface area contributed by atoms with E-state index in [4.69, 9.17) is 4.74 Å². The van der Waals surface area contributed by atoms with Crippen molar-refractivity contribution >= 4 is 21.6 Å². The Labute approximate surface area is 170 Å². The van der Waals surface area contributed by atoms with Crippen LogP contribution in [0.15, 0.2) is 53.4 Å². The smallest absolute Gasteiger partial charge is 0.261 e. The van der Waals surface area contributed by atoms with Crippen LogP contribution in [-0.4, -0.2) is 26.5 Å². The molecule has 2 aromatic rings. The fourth-order valence-electron chi connectivity index (χ4n) is 3.29. The Hall–Kier alpha value is -2.61. The van der Waals surface area contributed by atoms with Crippen molar-refractivity contribution in [1.82, 2.24) is 5.32 Å². The van der Waals surface area contributed by atoms with E-state index in [1.54, 1.807) is 6.92 Å². The summed E-state index contributed by atoms with van der Waals surface area (Å²) in [5.74, 6) is -0.322. The Morgan fingerprint density at radius 2 is 1.79 bits per heavy atom. The first-order valence-corrected chi connectivity index (χ1v) is 11.2. The van der Waals surface area contributed by atoms with Crippen molar-refractivity contribution < 1.29 is 22.3 Å². The molecule has 156 valence electrons. The predicted molar refractivity (Wildman–Crippen MR) is 109 cm³/mol. The molecule has 1 fully saturated rings. The quantitative estimate of drug-likeness (QED) is 0.713. The molecule has 2 aromatic carbocycles. The molecule has 0 saturated heterocycles. The van der Waals surface area contributed by atoms with Crippen LogP contribution in [0.25, 0.3) is 0 Å². The summed E-state index contributed by atoms with van der Waals surface area (Å²) >= 11 is 0. The third-order valence-electron chi connectivity index (χ3n) is 4.84. The summed E-state index contributed by atoms with van der Waals surface area (Å²) in [6, 6.07) is 11.1. The zero-order chi connectivity index (χ0) is 20.9. The van der Waals surface area contributed by atoms with Gasteiger partial charge in [-0.3, -0.25) is 9.52 Å². The van der Waals surface area contributed by atoms with Gasteiger partial charge in [0.1, 0.15) is 11.6 Å². The number of carbonyl (C=O) groups excluding carboxylic acids is 1. The zero-order valence-electron chi connectivity index (χ0n) is 16.2. The largest absolute Gasteiger partial charge is 0.481 e. The molecule has 0 heterocycles. The Bertz CT molecular complexity index is 941. The summed E-state index contributed by atoms with van der Waals surface area (Å²) in [5, 5.41) is 3.01. The molecule has 0 bridgehead atoms. The van der Waals surface area contributed by atoms with E-state index in [0.29, 0.717) is 5.75 Å². The van der Waals surface area contributed by atoms with Crippen molar-refractivity contribution in [2.24, 2.45) is 0 Å². The van der Waals surface area contributed by atoms with Crippen molar-refractivity contribution in [2.75, 3.05) is 4.72 Å². The van der Waals surface area contributed by atoms with Gasteiger partial charge in [-0.1, -0.05) is 25.3 Å². The molecule has 3 rings (SSSR count). The Morgan fingerprint density at radius 1 is 1.10 bits per heavy atom. The summed E-state index contributed by atoms with van der Waals surface area (Å²) in [6.45, 7) is 1.66. The molecule has 0 radical (unpaired) electrons. The number of anilines is 1. The standard InChI is InChI=1S/C21H25FN2O4S/c1-15(21(25)23-17-7-3-2-4-8-17)28-19-10-12-20(13-11-19)29(26,27)24-18-9-5-6-16(22)14-18/h5-6,9-15,17,24H,2-4,7-8H2,1H3,(H,23,25)/t15-/m0/s1. The highest BCUT2D eigenvalue weighted by Gasteiger charge is 2.21. The minimum atomic E-state index is -3.86. The first-order valence-electron chi connectivity index (χ1n) is 9.69. The van der Waals surface area contributed by atoms with Crippen LogP contribution in [0, 0.1) is 5.82 Å². The van der Waals surface area contributed by atoms with Crippen LogP contribution in [0.4, 0.5) is 10.1 Å². The highest BCUT2D eigenvalue weighted by Crippen LogP contribution is 2.21. The van der Waals surface area contributed by atoms with Crippen LogP contribution < -0.4 is 14.8 Å². The highest BCUT2D eigenvalue weighted by molar-refractivity contribution is 7.92. The number of halogens is 1. The van der Waals surface area contributed by atoms with E-state index >= 15 is 0 Å². The van der Waals surface area contributed by atoms with E-state index < -0.39 is 21.9 Å². The predicted octanol–water partition coefficient (Wildman–Crippen LogP) is 3.84. The monoisotopic (exact) mass is 420 g/mol. The molecule has 0 unspecified atom stereocenters. The molecule has 0 spiro atoms. The van der Waals surface area contributed by atoms with Gasteiger partial charge in [0.05, 0.1) is 10.6 Å². The molecule has 1 amide bonds. The van der Waals surface area contributed by atoms with Crippen molar-refractivity contribution in [1.29, 1.82) is 0 Å². The number of amides is 1. The normalized spacial score (nSPS) is 16.1. The number of carbonyl (C=O) groups is 1. The molecule has 0 aliphatic heterocycles. The van der Waals surface area contributed by atoms with Crippen molar-refractivity contribution in [3.8, 4) is 5.75 Å². The van der Waals surface area contributed by atoms with Gasteiger partial charge in [0.15, 0.2) is 6.10 Å². The Morgan fingerprint density at radius 3 is 2.45 bits per heavy atom. The number of ether oxygens (including phenoxy) is 1. The van der Waals surface area contributed by atoms with Gasteiger partial charge >= 0.3 is 0 Å². The lowest BCUT2D eigenvalue weighted by molar-refractivity contribution is -0.128. The van der Waals surface area contributed by atoms with E-state index in [-0.39, 0.29) is 22.5 Å². The molecule has 1 aliphatic carbocycles. The minimum Gasteiger partial charge on any atom is -0.481 e. The molecular formula is C21H25FN2O4S.